The number of anilines is 2. The highest BCUT2D eigenvalue weighted by molar-refractivity contribution is 5.95. The molecule has 3 aliphatic rings. The number of aryl methyl sites for hydroxylation is 1. The molecule has 2 aliphatic carbocycles. The fraction of sp³-hybridized carbons (Fsp3) is 0.526. The molecule has 7 nitrogen and oxygen atoms in total. The molecule has 1 aromatic rings. The van der Waals surface area contributed by atoms with Crippen molar-refractivity contribution >= 4 is 23.2 Å². The number of rotatable bonds is 10. The molecule has 0 unspecified atom stereocenters. The van der Waals surface area contributed by atoms with Crippen LogP contribution in [0.2, 0.25) is 0 Å². The zero-order chi connectivity index (χ0) is 33.4. The van der Waals surface area contributed by atoms with Crippen LogP contribution in [0.25, 0.3) is 0 Å². The van der Waals surface area contributed by atoms with Gasteiger partial charge >= 0.3 is 0 Å². The van der Waals surface area contributed by atoms with Crippen molar-refractivity contribution in [2.45, 2.75) is 99.0 Å². The second-order valence-corrected chi connectivity index (χ2v) is 12.8. The predicted molar refractivity (Wildman–Crippen MR) is 192 cm³/mol. The molecule has 0 atom stereocenters. The Labute approximate surface area is 275 Å². The van der Waals surface area contributed by atoms with Gasteiger partial charge in [-0.3, -0.25) is 19.5 Å². The van der Waals surface area contributed by atoms with Crippen molar-refractivity contribution < 1.29 is 17.2 Å². The van der Waals surface area contributed by atoms with Crippen LogP contribution in [0.4, 0.5) is 11.4 Å². The lowest BCUT2D eigenvalue weighted by molar-refractivity contribution is -0.119. The van der Waals surface area contributed by atoms with Crippen LogP contribution in [0.1, 0.15) is 94.5 Å². The van der Waals surface area contributed by atoms with E-state index in [-0.39, 0.29) is 26.7 Å². The zero-order valence-corrected chi connectivity index (χ0v) is 28.6. The molecule has 4 rings (SSSR count). The Hall–Kier alpha value is -3.67. The Balaban J connectivity index is 0.000000872. The highest BCUT2D eigenvalue weighted by Gasteiger charge is 2.39. The van der Waals surface area contributed by atoms with Crippen molar-refractivity contribution in [3.05, 3.63) is 84.6 Å². The van der Waals surface area contributed by atoms with Gasteiger partial charge in [0.15, 0.2) is 0 Å². The molecule has 1 aliphatic heterocycles. The molecule has 3 fully saturated rings. The number of aromatic nitrogens is 1. The average Bonchev–Trinajstić information content (AvgIpc) is 2.97. The summed E-state index contributed by atoms with van der Waals surface area (Å²) >= 11 is 0. The highest BCUT2D eigenvalue weighted by atomic mass is 16.5. The smallest absolute Gasteiger partial charge is 0.238 e. The first-order valence-corrected chi connectivity index (χ1v) is 16.4. The highest BCUT2D eigenvalue weighted by Crippen LogP contribution is 2.48. The molecule has 1 spiro atoms. The standard InChI is InChI=1S/C20H30N4O2.C15H18O.C3H8.2H2/c1-14(2)19(26)23-17-11-16(12-21-15(17)3)22-18(25)13-24-9-7-20(8-10-24)5-4-6-20;1-5-7-8-14(9-12(3)6-2)16-15-10-13(4)11-15;1-3-2;;/h11-12,14H,4-10,13H2,1-3H3,(H,22,25)(H,23,26);5,7-9,15H,1-2,4,10-11H2,3H3;3H2,1-2H3;2*1H/b;8-7-,14-9+;;;. The van der Waals surface area contributed by atoms with Gasteiger partial charge in [0.05, 0.1) is 29.8 Å². The molecule has 45 heavy (non-hydrogen) atoms. The average molecular weight is 621 g/mol. The second-order valence-electron chi connectivity index (χ2n) is 12.8. The van der Waals surface area contributed by atoms with Gasteiger partial charge in [-0.15, -0.1) is 5.73 Å². The Bertz CT molecular complexity index is 1280. The molecular weight excluding hydrogens is 560 g/mol. The quantitative estimate of drug-likeness (QED) is 0.118. The van der Waals surface area contributed by atoms with E-state index in [0.29, 0.717) is 23.3 Å². The number of piperidine rings is 1. The lowest BCUT2D eigenvalue weighted by atomic mass is 9.63. The molecule has 0 bridgehead atoms. The van der Waals surface area contributed by atoms with Crippen LogP contribution in [0, 0.1) is 18.3 Å². The fourth-order valence-corrected chi connectivity index (χ4v) is 5.18. The summed E-state index contributed by atoms with van der Waals surface area (Å²) < 4.78 is 5.81. The van der Waals surface area contributed by atoms with Crippen LogP contribution < -0.4 is 10.6 Å². The SMILES string of the molecule is C=C=C(C)/C=C(\C=C/C=C)OC1CC(=C)C1.CCC.Cc1ncc(NC(=O)CN2CCC3(CCC3)CC2)cc1NC(=O)C(C)C.[HH].[HH]. The third kappa shape index (κ3) is 13.1. The Morgan fingerprint density at radius 1 is 1.20 bits per heavy atom. The van der Waals surface area contributed by atoms with Crippen molar-refractivity contribution in [2.24, 2.45) is 11.3 Å². The molecule has 0 radical (unpaired) electrons. The lowest BCUT2D eigenvalue weighted by Crippen LogP contribution is -2.45. The van der Waals surface area contributed by atoms with Crippen molar-refractivity contribution in [3.63, 3.8) is 0 Å². The predicted octanol–water partition coefficient (Wildman–Crippen LogP) is 9.18. The zero-order valence-electron chi connectivity index (χ0n) is 28.6. The summed E-state index contributed by atoms with van der Waals surface area (Å²) in [5.41, 5.74) is 7.63. The van der Waals surface area contributed by atoms with E-state index in [1.165, 1.54) is 44.1 Å². The van der Waals surface area contributed by atoms with Gasteiger partial charge in [0, 0.05) is 21.6 Å². The summed E-state index contributed by atoms with van der Waals surface area (Å²) in [5.74, 6) is 0.634. The van der Waals surface area contributed by atoms with Gasteiger partial charge in [-0.05, 0) is 81.8 Å². The van der Waals surface area contributed by atoms with Gasteiger partial charge in [-0.2, -0.15) is 0 Å². The first-order chi connectivity index (χ1) is 21.4. The maximum atomic E-state index is 12.4. The van der Waals surface area contributed by atoms with Crippen molar-refractivity contribution in [1.29, 1.82) is 0 Å². The number of nitrogens with zero attached hydrogens (tertiary/aromatic N) is 2. The molecule has 1 saturated heterocycles. The van der Waals surface area contributed by atoms with Crippen LogP contribution in [-0.2, 0) is 14.3 Å². The van der Waals surface area contributed by atoms with E-state index in [9.17, 15) is 9.59 Å². The number of ether oxygens (including phenoxy) is 1. The van der Waals surface area contributed by atoms with Crippen LogP contribution in [-0.4, -0.2) is 47.4 Å². The Morgan fingerprint density at radius 2 is 1.84 bits per heavy atom. The molecule has 2 amide bonds. The van der Waals surface area contributed by atoms with Gasteiger partial charge in [-0.25, -0.2) is 0 Å². The molecule has 2 N–H and O–H groups in total. The number of allylic oxidation sites excluding steroid dienone is 5. The van der Waals surface area contributed by atoms with E-state index < -0.39 is 0 Å². The number of hydrogen-bond donors (Lipinski definition) is 2. The molecule has 2 heterocycles. The normalized spacial score (nSPS) is 17.5. The number of nitrogens with one attached hydrogen (secondary N) is 2. The first kappa shape index (κ1) is 37.5. The minimum absolute atomic E-state index is 0. The van der Waals surface area contributed by atoms with Crippen LogP contribution >= 0.6 is 0 Å². The maximum absolute atomic E-state index is 12.4. The largest absolute Gasteiger partial charge is 0.490 e. The van der Waals surface area contributed by atoms with Gasteiger partial charge in [0.1, 0.15) is 11.9 Å². The number of carbonyl (C=O) groups is 2. The molecule has 2 saturated carbocycles. The van der Waals surface area contributed by atoms with Crippen molar-refractivity contribution in [1.82, 2.24) is 9.88 Å². The molecule has 7 heteroatoms. The molecule has 1 aromatic heterocycles. The van der Waals surface area contributed by atoms with E-state index in [1.807, 2.05) is 45.9 Å². The minimum Gasteiger partial charge on any atom is -0.490 e. The van der Waals surface area contributed by atoms with E-state index in [1.54, 1.807) is 18.3 Å². The first-order valence-electron chi connectivity index (χ1n) is 16.4. The van der Waals surface area contributed by atoms with E-state index in [0.717, 1.165) is 43.0 Å². The van der Waals surface area contributed by atoms with Crippen LogP contribution in [0.3, 0.4) is 0 Å². The van der Waals surface area contributed by atoms with Crippen LogP contribution in [0.15, 0.2) is 78.9 Å². The molecule has 250 valence electrons. The van der Waals surface area contributed by atoms with Crippen molar-refractivity contribution in [2.75, 3.05) is 30.3 Å². The lowest BCUT2D eigenvalue weighted by Gasteiger charge is -2.47. The minimum atomic E-state index is -0.106. The summed E-state index contributed by atoms with van der Waals surface area (Å²) in [6.45, 7) is 25.3. The second kappa shape index (κ2) is 19.0. The van der Waals surface area contributed by atoms with Gasteiger partial charge in [-0.1, -0.05) is 78.0 Å². The number of pyridine rings is 1. The van der Waals surface area contributed by atoms with Gasteiger partial charge in [0.25, 0.3) is 0 Å². The summed E-state index contributed by atoms with van der Waals surface area (Å²) in [4.78, 5) is 30.8. The summed E-state index contributed by atoms with van der Waals surface area (Å²) in [6.07, 6.45) is 19.0. The molecular formula is C38H60N4O3. The summed E-state index contributed by atoms with van der Waals surface area (Å²) in [7, 11) is 0. The third-order valence-electron chi connectivity index (χ3n) is 8.22. The van der Waals surface area contributed by atoms with Crippen molar-refractivity contribution in [3.8, 4) is 0 Å². The number of amides is 2. The van der Waals surface area contributed by atoms with Crippen LogP contribution in [0.5, 0.6) is 0 Å². The summed E-state index contributed by atoms with van der Waals surface area (Å²) in [5, 5.41) is 5.78. The topological polar surface area (TPSA) is 83.6 Å². The van der Waals surface area contributed by atoms with E-state index in [4.69, 9.17) is 4.74 Å². The molecule has 0 aromatic carbocycles. The van der Waals surface area contributed by atoms with Gasteiger partial charge < -0.3 is 15.4 Å². The monoisotopic (exact) mass is 620 g/mol. The Kier molecular flexibility index (Phi) is 15.8. The maximum Gasteiger partial charge on any atom is 0.238 e. The van der Waals surface area contributed by atoms with Gasteiger partial charge in [0.2, 0.25) is 11.8 Å². The third-order valence-corrected chi connectivity index (χ3v) is 8.22. The number of likely N-dealkylation sites (tertiary alicyclic amines) is 1. The fourth-order valence-electron chi connectivity index (χ4n) is 5.18. The summed E-state index contributed by atoms with van der Waals surface area (Å²) in [6, 6.07) is 1.78. The van der Waals surface area contributed by atoms with E-state index in [2.05, 4.69) is 59.8 Å². The number of hydrogen-bond acceptors (Lipinski definition) is 5. The number of carbonyl (C=O) groups excluding carboxylic acids is 2. The van der Waals surface area contributed by atoms with E-state index >= 15 is 0 Å². The Morgan fingerprint density at radius 3 is 2.36 bits per heavy atom.